The number of thioether (sulfide) groups is 1. The van der Waals surface area contributed by atoms with Crippen molar-refractivity contribution in [3.05, 3.63) is 59.9 Å². The van der Waals surface area contributed by atoms with Crippen LogP contribution in [0.5, 0.6) is 11.5 Å². The van der Waals surface area contributed by atoms with Crippen molar-refractivity contribution in [1.29, 1.82) is 0 Å². The van der Waals surface area contributed by atoms with E-state index in [1.165, 1.54) is 11.8 Å². The summed E-state index contributed by atoms with van der Waals surface area (Å²) in [5, 5.41) is 12.2. The monoisotopic (exact) mass is 483 g/mol. The molecule has 0 aliphatic carbocycles. The molecule has 1 N–H and O–H groups in total. The largest absolute Gasteiger partial charge is 0.497 e. The van der Waals surface area contributed by atoms with Gasteiger partial charge in [-0.05, 0) is 62.0 Å². The molecule has 34 heavy (non-hydrogen) atoms. The van der Waals surface area contributed by atoms with Crippen molar-refractivity contribution >= 4 is 17.7 Å². The van der Waals surface area contributed by atoms with E-state index in [1.54, 1.807) is 14.2 Å². The van der Waals surface area contributed by atoms with Crippen LogP contribution in [0.1, 0.15) is 31.3 Å². The minimum absolute atomic E-state index is 0.0491. The molecular weight excluding hydrogens is 450 g/mol. The molecule has 0 aliphatic rings. The maximum atomic E-state index is 12.8. The van der Waals surface area contributed by atoms with E-state index in [4.69, 9.17) is 9.47 Å². The average molecular weight is 484 g/mol. The lowest BCUT2D eigenvalue weighted by atomic mass is 10.0. The molecule has 8 nitrogen and oxygen atoms in total. The van der Waals surface area contributed by atoms with Gasteiger partial charge in [-0.15, -0.1) is 10.2 Å². The molecule has 182 valence electrons. The number of nitrogens with one attached hydrogen (secondary N) is 1. The van der Waals surface area contributed by atoms with E-state index in [1.807, 2.05) is 54.0 Å². The van der Waals surface area contributed by atoms with Crippen LogP contribution in [0.25, 0.3) is 5.69 Å². The average Bonchev–Trinajstić information content (AvgIpc) is 3.25. The van der Waals surface area contributed by atoms with Crippen LogP contribution in [0, 0.1) is 6.92 Å². The summed E-state index contributed by atoms with van der Waals surface area (Å²) in [7, 11) is 3.30. The summed E-state index contributed by atoms with van der Waals surface area (Å²) in [6, 6.07) is 15.8. The number of nitrogens with zero attached hydrogens (tertiary/aromatic N) is 4. The summed E-state index contributed by atoms with van der Waals surface area (Å²) in [5.74, 6) is 2.54. The molecule has 0 aliphatic heterocycles. The first-order chi connectivity index (χ1) is 16.5. The number of carbonyl (C=O) groups excluding carboxylic acids is 1. The molecule has 1 atom stereocenters. The van der Waals surface area contributed by atoms with Crippen molar-refractivity contribution in [1.82, 2.24) is 25.0 Å². The van der Waals surface area contributed by atoms with E-state index in [9.17, 15) is 4.79 Å². The third-order valence-electron chi connectivity index (χ3n) is 5.68. The molecule has 1 amide bonds. The summed E-state index contributed by atoms with van der Waals surface area (Å²) < 4.78 is 12.6. The van der Waals surface area contributed by atoms with Gasteiger partial charge in [0, 0.05) is 12.2 Å². The zero-order valence-corrected chi connectivity index (χ0v) is 21.3. The Hall–Kier alpha value is -3.04. The first-order valence-electron chi connectivity index (χ1n) is 11.3. The zero-order valence-electron chi connectivity index (χ0n) is 20.4. The van der Waals surface area contributed by atoms with Crippen molar-refractivity contribution in [3.8, 4) is 17.2 Å². The van der Waals surface area contributed by atoms with Crippen molar-refractivity contribution in [2.75, 3.05) is 39.6 Å². The highest BCUT2D eigenvalue weighted by Gasteiger charge is 2.20. The molecule has 0 saturated carbocycles. The minimum Gasteiger partial charge on any atom is -0.497 e. The normalized spacial score (nSPS) is 11.9. The topological polar surface area (TPSA) is 81.5 Å². The van der Waals surface area contributed by atoms with Gasteiger partial charge in [-0.25, -0.2) is 0 Å². The van der Waals surface area contributed by atoms with E-state index >= 15 is 0 Å². The lowest BCUT2D eigenvalue weighted by molar-refractivity contribution is -0.118. The second-order valence-electron chi connectivity index (χ2n) is 7.67. The third kappa shape index (κ3) is 6.30. The van der Waals surface area contributed by atoms with Crippen LogP contribution in [-0.4, -0.2) is 65.2 Å². The lowest BCUT2D eigenvalue weighted by Gasteiger charge is -2.30. The van der Waals surface area contributed by atoms with Crippen molar-refractivity contribution in [2.24, 2.45) is 0 Å². The molecule has 0 saturated heterocycles. The highest BCUT2D eigenvalue weighted by atomic mass is 32.2. The van der Waals surface area contributed by atoms with E-state index in [0.717, 1.165) is 41.7 Å². The van der Waals surface area contributed by atoms with Gasteiger partial charge in [-0.3, -0.25) is 14.3 Å². The molecular formula is C25H33N5O3S. The summed E-state index contributed by atoms with van der Waals surface area (Å²) in [6.45, 7) is 8.43. The Morgan fingerprint density at radius 3 is 2.41 bits per heavy atom. The maximum absolute atomic E-state index is 12.8. The Morgan fingerprint density at radius 1 is 1.06 bits per heavy atom. The van der Waals surface area contributed by atoms with Gasteiger partial charge in [0.1, 0.15) is 17.3 Å². The SMILES string of the molecule is CCN(CC)C(CNC(=O)CSc1nnc(C)n1-c1ccc(OC)cc1)c1cccc(OC)c1. The minimum atomic E-state index is -0.0491. The van der Waals surface area contributed by atoms with Crippen molar-refractivity contribution in [3.63, 3.8) is 0 Å². The number of ether oxygens (including phenoxy) is 2. The van der Waals surface area contributed by atoms with Crippen molar-refractivity contribution < 1.29 is 14.3 Å². The predicted octanol–water partition coefficient (Wildman–Crippen LogP) is 3.88. The number of aryl methyl sites for hydroxylation is 1. The highest BCUT2D eigenvalue weighted by Crippen LogP contribution is 2.25. The van der Waals surface area contributed by atoms with E-state index in [0.29, 0.717) is 11.7 Å². The highest BCUT2D eigenvalue weighted by molar-refractivity contribution is 7.99. The molecule has 9 heteroatoms. The smallest absolute Gasteiger partial charge is 0.230 e. The molecule has 1 heterocycles. The van der Waals surface area contributed by atoms with E-state index in [-0.39, 0.29) is 17.7 Å². The number of aromatic nitrogens is 3. The van der Waals surface area contributed by atoms with Gasteiger partial charge in [-0.2, -0.15) is 0 Å². The Labute approximate surface area is 205 Å². The zero-order chi connectivity index (χ0) is 24.5. The number of hydrogen-bond donors (Lipinski definition) is 1. The van der Waals surface area contributed by atoms with Crippen LogP contribution >= 0.6 is 11.8 Å². The second-order valence-corrected chi connectivity index (χ2v) is 8.61. The molecule has 3 rings (SSSR count). The first-order valence-corrected chi connectivity index (χ1v) is 12.3. The van der Waals surface area contributed by atoms with Crippen LogP contribution < -0.4 is 14.8 Å². The fourth-order valence-electron chi connectivity index (χ4n) is 3.83. The molecule has 0 bridgehead atoms. The van der Waals surface area contributed by atoms with Gasteiger partial charge in [-0.1, -0.05) is 37.7 Å². The maximum Gasteiger partial charge on any atom is 0.230 e. The van der Waals surface area contributed by atoms with Crippen LogP contribution in [0.2, 0.25) is 0 Å². The van der Waals surface area contributed by atoms with Gasteiger partial charge in [0.05, 0.1) is 26.0 Å². The number of likely N-dealkylation sites (N-methyl/N-ethyl adjacent to an activating group) is 1. The molecule has 0 radical (unpaired) electrons. The molecule has 1 unspecified atom stereocenters. The van der Waals surface area contributed by atoms with Gasteiger partial charge in [0.15, 0.2) is 5.16 Å². The fraction of sp³-hybridized carbons (Fsp3) is 0.400. The fourth-order valence-corrected chi connectivity index (χ4v) is 4.65. The van der Waals surface area contributed by atoms with E-state index < -0.39 is 0 Å². The quantitative estimate of drug-likeness (QED) is 0.392. The van der Waals surface area contributed by atoms with Gasteiger partial charge in [0.25, 0.3) is 0 Å². The summed E-state index contributed by atoms with van der Waals surface area (Å²) >= 11 is 1.37. The molecule has 0 fully saturated rings. The standard InChI is InChI=1S/C25H33N5O3S/c1-6-29(7-2)23(19-9-8-10-22(15-19)33-5)16-26-24(31)17-34-25-28-27-18(3)30(25)20-11-13-21(32-4)14-12-20/h8-15,23H,6-7,16-17H2,1-5H3,(H,26,31). The molecule has 3 aromatic rings. The first kappa shape index (κ1) is 25.6. The molecule has 0 spiro atoms. The Kier molecular flexibility index (Phi) is 9.35. The molecule has 1 aromatic heterocycles. The van der Waals surface area contributed by atoms with Crippen molar-refractivity contribution in [2.45, 2.75) is 32.0 Å². The van der Waals surface area contributed by atoms with Crippen LogP contribution in [0.15, 0.2) is 53.7 Å². The van der Waals surface area contributed by atoms with Gasteiger partial charge in [0.2, 0.25) is 5.91 Å². The van der Waals surface area contributed by atoms with E-state index in [2.05, 4.69) is 40.3 Å². The number of amides is 1. The lowest BCUT2D eigenvalue weighted by Crippen LogP contribution is -2.38. The second kappa shape index (κ2) is 12.4. The molecule has 2 aromatic carbocycles. The number of rotatable bonds is 12. The summed E-state index contributed by atoms with van der Waals surface area (Å²) in [5.41, 5.74) is 2.04. The van der Waals surface area contributed by atoms with Crippen LogP contribution in [-0.2, 0) is 4.79 Å². The van der Waals surface area contributed by atoms with Gasteiger partial charge < -0.3 is 14.8 Å². The Balaban J connectivity index is 1.66. The third-order valence-corrected chi connectivity index (χ3v) is 6.61. The Bertz CT molecular complexity index is 1070. The predicted molar refractivity (Wildman–Crippen MR) is 135 cm³/mol. The van der Waals surface area contributed by atoms with Gasteiger partial charge >= 0.3 is 0 Å². The number of benzene rings is 2. The number of hydrogen-bond acceptors (Lipinski definition) is 7. The Morgan fingerprint density at radius 2 is 1.76 bits per heavy atom. The summed E-state index contributed by atoms with van der Waals surface area (Å²) in [4.78, 5) is 15.1. The van der Waals surface area contributed by atoms with Crippen LogP contribution in [0.4, 0.5) is 0 Å². The number of methoxy groups -OCH3 is 2. The van der Waals surface area contributed by atoms with Crippen LogP contribution in [0.3, 0.4) is 0 Å². The number of carbonyl (C=O) groups is 1. The summed E-state index contributed by atoms with van der Waals surface area (Å²) in [6.07, 6.45) is 0.